The van der Waals surface area contributed by atoms with Crippen LogP contribution in [0.5, 0.6) is 0 Å². The van der Waals surface area contributed by atoms with Crippen molar-refractivity contribution in [1.29, 1.82) is 0 Å². The first-order valence-electron chi connectivity index (χ1n) is 6.01. The Morgan fingerprint density at radius 3 is 2.83 bits per heavy atom. The molecular formula is C13H17BrN2O2. The Bertz CT molecular complexity index is 453. The normalized spacial score (nSPS) is 17.1. The summed E-state index contributed by atoms with van der Waals surface area (Å²) in [5.41, 5.74) is 1.50. The summed E-state index contributed by atoms with van der Waals surface area (Å²) in [4.78, 5) is 16.1. The van der Waals surface area contributed by atoms with Gasteiger partial charge in [0.15, 0.2) is 0 Å². The van der Waals surface area contributed by atoms with Gasteiger partial charge in [-0.1, -0.05) is 0 Å². The Morgan fingerprint density at radius 2 is 2.28 bits per heavy atom. The average molecular weight is 313 g/mol. The molecule has 1 aliphatic rings. The summed E-state index contributed by atoms with van der Waals surface area (Å²) < 4.78 is 6.34. The topological polar surface area (TPSA) is 51.2 Å². The molecule has 0 aliphatic heterocycles. The summed E-state index contributed by atoms with van der Waals surface area (Å²) in [5.74, 6) is -0.0143. The van der Waals surface area contributed by atoms with Gasteiger partial charge in [0, 0.05) is 17.8 Å². The number of carbonyl (C=O) groups excluding carboxylic acids is 1. The molecule has 0 aromatic carbocycles. The molecule has 0 spiro atoms. The van der Waals surface area contributed by atoms with Crippen LogP contribution in [0.2, 0.25) is 0 Å². The Labute approximate surface area is 115 Å². The summed E-state index contributed by atoms with van der Waals surface area (Å²) in [6.07, 6.45) is 6.86. The standard InChI is InChI=1S/C13H17BrN2O2/c1-9-10(14)7-15-8-11(9)16-12(17)6-13(18-2)4-3-5-13/h7-8H,3-6H2,1-2H3,(H,16,17). The molecule has 0 radical (unpaired) electrons. The van der Waals surface area contributed by atoms with Gasteiger partial charge in [0.25, 0.3) is 0 Å². The number of methoxy groups -OCH3 is 1. The first kappa shape index (κ1) is 13.5. The highest BCUT2D eigenvalue weighted by molar-refractivity contribution is 9.10. The highest BCUT2D eigenvalue weighted by Gasteiger charge is 2.39. The Balaban J connectivity index is 2.01. The third-order valence-electron chi connectivity index (χ3n) is 3.61. The fourth-order valence-electron chi connectivity index (χ4n) is 2.14. The molecule has 98 valence electrons. The van der Waals surface area contributed by atoms with Gasteiger partial charge in [-0.05, 0) is 47.7 Å². The van der Waals surface area contributed by atoms with E-state index in [9.17, 15) is 4.79 Å². The molecule has 18 heavy (non-hydrogen) atoms. The monoisotopic (exact) mass is 312 g/mol. The molecular weight excluding hydrogens is 296 g/mol. The predicted octanol–water partition coefficient (Wildman–Crippen LogP) is 3.05. The van der Waals surface area contributed by atoms with Crippen LogP contribution in [0, 0.1) is 6.92 Å². The third kappa shape index (κ3) is 2.72. The summed E-state index contributed by atoms with van der Waals surface area (Å²) in [7, 11) is 1.68. The highest BCUT2D eigenvalue weighted by Crippen LogP contribution is 2.38. The van der Waals surface area contributed by atoms with E-state index in [4.69, 9.17) is 4.74 Å². The number of hydrogen-bond acceptors (Lipinski definition) is 3. The van der Waals surface area contributed by atoms with Gasteiger partial charge >= 0.3 is 0 Å². The van der Waals surface area contributed by atoms with Gasteiger partial charge in [-0.15, -0.1) is 0 Å². The van der Waals surface area contributed by atoms with Crippen LogP contribution in [0.1, 0.15) is 31.2 Å². The molecule has 0 saturated heterocycles. The van der Waals surface area contributed by atoms with Crippen molar-refractivity contribution in [3.8, 4) is 0 Å². The summed E-state index contributed by atoms with van der Waals surface area (Å²) >= 11 is 3.40. The van der Waals surface area contributed by atoms with Gasteiger partial charge in [-0.3, -0.25) is 9.78 Å². The lowest BCUT2D eigenvalue weighted by Gasteiger charge is -2.39. The molecule has 1 aliphatic carbocycles. The van der Waals surface area contributed by atoms with Crippen molar-refractivity contribution >= 4 is 27.5 Å². The van der Waals surface area contributed by atoms with Crippen molar-refractivity contribution in [2.75, 3.05) is 12.4 Å². The number of aromatic nitrogens is 1. The molecule has 0 atom stereocenters. The van der Waals surface area contributed by atoms with E-state index in [-0.39, 0.29) is 11.5 Å². The molecule has 1 aromatic heterocycles. The van der Waals surface area contributed by atoms with Gasteiger partial charge in [-0.25, -0.2) is 0 Å². The number of carbonyl (C=O) groups is 1. The zero-order chi connectivity index (χ0) is 13.2. The van der Waals surface area contributed by atoms with Crippen molar-refractivity contribution in [3.63, 3.8) is 0 Å². The number of halogens is 1. The van der Waals surface area contributed by atoms with Crippen molar-refractivity contribution in [3.05, 3.63) is 22.4 Å². The van der Waals surface area contributed by atoms with E-state index >= 15 is 0 Å². The molecule has 1 saturated carbocycles. The van der Waals surface area contributed by atoms with E-state index in [1.165, 1.54) is 0 Å². The molecule has 1 amide bonds. The lowest BCUT2D eigenvalue weighted by Crippen LogP contribution is -2.42. The van der Waals surface area contributed by atoms with Crippen LogP contribution in [0.4, 0.5) is 5.69 Å². The SMILES string of the molecule is COC1(CC(=O)Nc2cncc(Br)c2C)CCC1. The van der Waals surface area contributed by atoms with E-state index in [1.54, 1.807) is 19.5 Å². The molecule has 1 N–H and O–H groups in total. The number of rotatable bonds is 4. The van der Waals surface area contributed by atoms with Crippen LogP contribution in [0.3, 0.4) is 0 Å². The minimum absolute atomic E-state index is 0.0143. The minimum Gasteiger partial charge on any atom is -0.378 e. The van der Waals surface area contributed by atoms with Crippen LogP contribution < -0.4 is 5.32 Å². The second kappa shape index (κ2) is 5.36. The Kier molecular flexibility index (Phi) is 4.02. The third-order valence-corrected chi connectivity index (χ3v) is 4.41. The van der Waals surface area contributed by atoms with Crippen LogP contribution in [0.15, 0.2) is 16.9 Å². The Morgan fingerprint density at radius 1 is 1.56 bits per heavy atom. The van der Waals surface area contributed by atoms with E-state index in [0.29, 0.717) is 6.42 Å². The number of nitrogens with one attached hydrogen (secondary N) is 1. The lowest BCUT2D eigenvalue weighted by molar-refractivity contribution is -0.129. The van der Waals surface area contributed by atoms with E-state index in [1.807, 2.05) is 6.92 Å². The van der Waals surface area contributed by atoms with Crippen molar-refractivity contribution in [2.24, 2.45) is 0 Å². The van der Waals surface area contributed by atoms with E-state index < -0.39 is 0 Å². The van der Waals surface area contributed by atoms with Gasteiger partial charge in [0.05, 0.1) is 23.9 Å². The second-order valence-electron chi connectivity index (χ2n) is 4.76. The number of ether oxygens (including phenoxy) is 1. The van der Waals surface area contributed by atoms with Gasteiger partial charge < -0.3 is 10.1 Å². The fraction of sp³-hybridized carbons (Fsp3) is 0.538. The van der Waals surface area contributed by atoms with Crippen molar-refractivity contribution < 1.29 is 9.53 Å². The molecule has 0 bridgehead atoms. The van der Waals surface area contributed by atoms with Crippen molar-refractivity contribution in [2.45, 2.75) is 38.2 Å². The smallest absolute Gasteiger partial charge is 0.227 e. The van der Waals surface area contributed by atoms with Crippen molar-refractivity contribution in [1.82, 2.24) is 4.98 Å². The first-order valence-corrected chi connectivity index (χ1v) is 6.81. The molecule has 1 heterocycles. The van der Waals surface area contributed by atoms with Crippen LogP contribution in [-0.2, 0) is 9.53 Å². The lowest BCUT2D eigenvalue weighted by atomic mass is 9.77. The molecule has 0 unspecified atom stereocenters. The molecule has 2 rings (SSSR count). The van der Waals surface area contributed by atoms with Gasteiger partial charge in [0.2, 0.25) is 5.91 Å². The van der Waals surface area contributed by atoms with Crippen LogP contribution >= 0.6 is 15.9 Å². The fourth-order valence-corrected chi connectivity index (χ4v) is 2.47. The maximum Gasteiger partial charge on any atom is 0.227 e. The quantitative estimate of drug-likeness (QED) is 0.929. The number of amides is 1. The largest absolute Gasteiger partial charge is 0.378 e. The number of anilines is 1. The maximum atomic E-state index is 12.0. The van der Waals surface area contributed by atoms with E-state index in [0.717, 1.165) is 35.0 Å². The maximum absolute atomic E-state index is 12.0. The van der Waals surface area contributed by atoms with Crippen LogP contribution in [0.25, 0.3) is 0 Å². The molecule has 5 heteroatoms. The summed E-state index contributed by atoms with van der Waals surface area (Å²) in [6.45, 7) is 1.94. The van der Waals surface area contributed by atoms with E-state index in [2.05, 4.69) is 26.2 Å². The number of hydrogen-bond donors (Lipinski definition) is 1. The second-order valence-corrected chi connectivity index (χ2v) is 5.61. The molecule has 4 nitrogen and oxygen atoms in total. The minimum atomic E-state index is -0.239. The molecule has 1 fully saturated rings. The summed E-state index contributed by atoms with van der Waals surface area (Å²) in [6, 6.07) is 0. The van der Waals surface area contributed by atoms with Gasteiger partial charge in [0.1, 0.15) is 0 Å². The summed E-state index contributed by atoms with van der Waals surface area (Å²) in [5, 5.41) is 2.90. The first-order chi connectivity index (χ1) is 8.56. The number of nitrogens with zero attached hydrogens (tertiary/aromatic N) is 1. The number of pyridine rings is 1. The molecule has 1 aromatic rings. The predicted molar refractivity (Wildman–Crippen MR) is 73.5 cm³/mol. The Hall–Kier alpha value is -0.940. The highest BCUT2D eigenvalue weighted by atomic mass is 79.9. The average Bonchev–Trinajstić information content (AvgIpc) is 2.30. The van der Waals surface area contributed by atoms with Crippen LogP contribution in [-0.4, -0.2) is 23.6 Å². The van der Waals surface area contributed by atoms with Gasteiger partial charge in [-0.2, -0.15) is 0 Å². The zero-order valence-electron chi connectivity index (χ0n) is 10.6. The zero-order valence-corrected chi connectivity index (χ0v) is 12.2.